The minimum atomic E-state index is -0.304. The van der Waals surface area contributed by atoms with Gasteiger partial charge in [0.25, 0.3) is 5.91 Å². The van der Waals surface area contributed by atoms with E-state index in [1.165, 1.54) is 12.4 Å². The number of rotatable bonds is 7. The van der Waals surface area contributed by atoms with Crippen LogP contribution in [0.4, 0.5) is 5.95 Å². The van der Waals surface area contributed by atoms with Crippen molar-refractivity contribution in [2.75, 3.05) is 19.0 Å². The van der Waals surface area contributed by atoms with Gasteiger partial charge in [-0.1, -0.05) is 13.0 Å². The number of methoxy groups -OCH3 is 1. The zero-order valence-electron chi connectivity index (χ0n) is 12.5. The Morgan fingerprint density at radius 2 is 2.27 bits per heavy atom. The first-order valence-electron chi connectivity index (χ1n) is 6.88. The quantitative estimate of drug-likeness (QED) is 0.766. The predicted molar refractivity (Wildman–Crippen MR) is 82.8 cm³/mol. The average Bonchev–Trinajstić information content (AvgIpc) is 3.04. The van der Waals surface area contributed by atoms with Gasteiger partial charge < -0.3 is 9.47 Å². The lowest BCUT2D eigenvalue weighted by Crippen LogP contribution is -2.08. The van der Waals surface area contributed by atoms with Crippen LogP contribution in [-0.2, 0) is 4.79 Å². The molecule has 116 valence electrons. The molecule has 1 amide bonds. The molecule has 0 aliphatic rings. The molecular weight excluding hydrogens is 284 g/mol. The van der Waals surface area contributed by atoms with Crippen molar-refractivity contribution in [1.82, 2.24) is 15.2 Å². The van der Waals surface area contributed by atoms with Gasteiger partial charge in [-0.3, -0.25) is 10.1 Å². The number of H-pyrrole nitrogens is 1. The molecular formula is C15H18N4O3. The molecule has 0 radical (unpaired) electrons. The number of amides is 1. The van der Waals surface area contributed by atoms with E-state index in [9.17, 15) is 4.79 Å². The van der Waals surface area contributed by atoms with Crippen LogP contribution in [0.25, 0.3) is 6.08 Å². The number of anilines is 1. The van der Waals surface area contributed by atoms with Gasteiger partial charge in [-0.15, -0.1) is 0 Å². The second-order valence-corrected chi connectivity index (χ2v) is 4.42. The number of hydrogen-bond donors (Lipinski definition) is 2. The predicted octanol–water partition coefficient (Wildman–Crippen LogP) is 2.25. The Kier molecular flexibility index (Phi) is 5.53. The number of aromatic amines is 1. The fraction of sp³-hybridized carbons (Fsp3) is 0.267. The molecule has 7 heteroatoms. The van der Waals surface area contributed by atoms with Crippen LogP contribution < -0.4 is 14.8 Å². The molecule has 0 fully saturated rings. The minimum absolute atomic E-state index is 0.301. The largest absolute Gasteiger partial charge is 0.493 e. The maximum Gasteiger partial charge on any atom is 0.250 e. The fourth-order valence-electron chi connectivity index (χ4n) is 1.72. The maximum absolute atomic E-state index is 11.7. The lowest BCUT2D eigenvalue weighted by molar-refractivity contribution is -0.111. The van der Waals surface area contributed by atoms with E-state index < -0.39 is 0 Å². The van der Waals surface area contributed by atoms with Crippen LogP contribution in [0.2, 0.25) is 0 Å². The molecule has 0 saturated heterocycles. The van der Waals surface area contributed by atoms with E-state index in [2.05, 4.69) is 20.5 Å². The smallest absolute Gasteiger partial charge is 0.250 e. The molecule has 0 bridgehead atoms. The Hall–Kier alpha value is -2.83. The van der Waals surface area contributed by atoms with Gasteiger partial charge in [0.15, 0.2) is 11.5 Å². The van der Waals surface area contributed by atoms with Crippen LogP contribution >= 0.6 is 0 Å². The van der Waals surface area contributed by atoms with Crippen molar-refractivity contribution in [3.63, 3.8) is 0 Å². The first-order valence-corrected chi connectivity index (χ1v) is 6.88. The number of hydrogen-bond acceptors (Lipinski definition) is 5. The molecule has 1 aromatic carbocycles. The van der Waals surface area contributed by atoms with Crippen molar-refractivity contribution in [3.8, 4) is 11.5 Å². The summed E-state index contributed by atoms with van der Waals surface area (Å²) in [5.74, 6) is 1.32. The van der Waals surface area contributed by atoms with Crippen molar-refractivity contribution in [2.45, 2.75) is 13.3 Å². The normalized spacial score (nSPS) is 10.6. The van der Waals surface area contributed by atoms with Gasteiger partial charge >= 0.3 is 0 Å². The molecule has 0 spiro atoms. The lowest BCUT2D eigenvalue weighted by Gasteiger charge is -2.10. The Bertz CT molecular complexity index is 638. The molecule has 2 aromatic rings. The van der Waals surface area contributed by atoms with E-state index in [1.54, 1.807) is 13.2 Å². The Labute approximate surface area is 128 Å². The first-order chi connectivity index (χ1) is 10.7. The molecule has 0 aliphatic heterocycles. The van der Waals surface area contributed by atoms with Gasteiger partial charge in [0.1, 0.15) is 6.33 Å². The molecule has 0 saturated carbocycles. The summed E-state index contributed by atoms with van der Waals surface area (Å²) in [6, 6.07) is 5.48. The van der Waals surface area contributed by atoms with E-state index in [0.29, 0.717) is 24.1 Å². The van der Waals surface area contributed by atoms with Crippen LogP contribution in [0.5, 0.6) is 11.5 Å². The summed E-state index contributed by atoms with van der Waals surface area (Å²) in [6.45, 7) is 2.67. The summed E-state index contributed by atoms with van der Waals surface area (Å²) >= 11 is 0. The Morgan fingerprint density at radius 3 is 2.95 bits per heavy atom. The summed E-state index contributed by atoms with van der Waals surface area (Å²) in [7, 11) is 1.58. The second-order valence-electron chi connectivity index (χ2n) is 4.42. The van der Waals surface area contributed by atoms with Gasteiger partial charge in [0, 0.05) is 6.08 Å². The topological polar surface area (TPSA) is 89.1 Å². The van der Waals surface area contributed by atoms with E-state index in [1.807, 2.05) is 25.1 Å². The molecule has 0 unspecified atom stereocenters. The summed E-state index contributed by atoms with van der Waals surface area (Å²) in [5, 5.41) is 8.74. The van der Waals surface area contributed by atoms with Gasteiger partial charge in [0.05, 0.1) is 13.7 Å². The van der Waals surface area contributed by atoms with Crippen molar-refractivity contribution < 1.29 is 14.3 Å². The SMILES string of the molecule is CCCOc1ccc(C=CC(=O)Nc2ncn[nH]2)cc1OC. The molecule has 0 atom stereocenters. The monoisotopic (exact) mass is 302 g/mol. The van der Waals surface area contributed by atoms with Gasteiger partial charge in [-0.2, -0.15) is 10.1 Å². The zero-order valence-corrected chi connectivity index (χ0v) is 12.5. The number of ether oxygens (including phenoxy) is 2. The third-order valence-corrected chi connectivity index (χ3v) is 2.73. The molecule has 1 heterocycles. The highest BCUT2D eigenvalue weighted by atomic mass is 16.5. The lowest BCUT2D eigenvalue weighted by atomic mass is 10.2. The molecule has 7 nitrogen and oxygen atoms in total. The van der Waals surface area contributed by atoms with E-state index in [0.717, 1.165) is 12.0 Å². The molecule has 1 aromatic heterocycles. The van der Waals surface area contributed by atoms with Crippen LogP contribution in [-0.4, -0.2) is 34.8 Å². The summed E-state index contributed by atoms with van der Waals surface area (Å²) in [4.78, 5) is 15.5. The van der Waals surface area contributed by atoms with Crippen molar-refractivity contribution in [2.24, 2.45) is 0 Å². The van der Waals surface area contributed by atoms with Crippen molar-refractivity contribution in [1.29, 1.82) is 0 Å². The van der Waals surface area contributed by atoms with Crippen LogP contribution in [0.1, 0.15) is 18.9 Å². The van der Waals surface area contributed by atoms with Crippen LogP contribution in [0.15, 0.2) is 30.6 Å². The standard InChI is InChI=1S/C15H18N4O3/c1-3-8-22-12-6-4-11(9-13(12)21-2)5-7-14(20)18-15-16-10-17-19-15/h4-7,9-10H,3,8H2,1-2H3,(H2,16,17,18,19,20). The van der Waals surface area contributed by atoms with Crippen molar-refractivity contribution in [3.05, 3.63) is 36.2 Å². The molecule has 2 N–H and O–H groups in total. The van der Waals surface area contributed by atoms with Crippen LogP contribution in [0, 0.1) is 0 Å². The fourth-order valence-corrected chi connectivity index (χ4v) is 1.72. The number of nitrogens with zero attached hydrogens (tertiary/aromatic N) is 2. The number of benzene rings is 1. The third kappa shape index (κ3) is 4.34. The number of nitrogens with one attached hydrogen (secondary N) is 2. The van der Waals surface area contributed by atoms with Crippen molar-refractivity contribution >= 4 is 17.9 Å². The van der Waals surface area contributed by atoms with Gasteiger partial charge in [-0.25, -0.2) is 5.10 Å². The minimum Gasteiger partial charge on any atom is -0.493 e. The number of aromatic nitrogens is 3. The maximum atomic E-state index is 11.7. The highest BCUT2D eigenvalue weighted by molar-refractivity contribution is 6.00. The van der Waals surface area contributed by atoms with Gasteiger partial charge in [-0.05, 0) is 30.2 Å². The van der Waals surface area contributed by atoms with E-state index in [4.69, 9.17) is 9.47 Å². The molecule has 22 heavy (non-hydrogen) atoms. The Balaban J connectivity index is 2.02. The number of carbonyl (C=O) groups excluding carboxylic acids is 1. The second kappa shape index (κ2) is 7.82. The molecule has 0 aliphatic carbocycles. The highest BCUT2D eigenvalue weighted by Gasteiger charge is 2.05. The molecule has 2 rings (SSSR count). The van der Waals surface area contributed by atoms with Crippen LogP contribution in [0.3, 0.4) is 0 Å². The third-order valence-electron chi connectivity index (χ3n) is 2.73. The number of carbonyl (C=O) groups is 1. The van der Waals surface area contributed by atoms with E-state index >= 15 is 0 Å². The first kappa shape index (κ1) is 15.6. The highest BCUT2D eigenvalue weighted by Crippen LogP contribution is 2.28. The summed E-state index contributed by atoms with van der Waals surface area (Å²) in [6.07, 6.45) is 5.33. The average molecular weight is 302 g/mol. The zero-order chi connectivity index (χ0) is 15.8. The van der Waals surface area contributed by atoms with E-state index in [-0.39, 0.29) is 5.91 Å². The summed E-state index contributed by atoms with van der Waals surface area (Å²) in [5.41, 5.74) is 0.827. The summed E-state index contributed by atoms with van der Waals surface area (Å²) < 4.78 is 10.9. The Morgan fingerprint density at radius 1 is 1.41 bits per heavy atom. The van der Waals surface area contributed by atoms with Gasteiger partial charge in [0.2, 0.25) is 5.95 Å².